The van der Waals surface area contributed by atoms with Gasteiger partial charge in [-0.25, -0.2) is 8.78 Å². The van der Waals surface area contributed by atoms with Crippen LogP contribution < -0.4 is 5.32 Å². The molecule has 30 heavy (non-hydrogen) atoms. The zero-order chi connectivity index (χ0) is 21.7. The standard InChI is InChI=1S/C21H19BrF2N4OS/c1-27(2)17(29)13-6-8-14(9-7-13)21(15-4-3-5-16(22)10-15)18-25-11-20(23,24)12-28(18)19(30)26-21/h3-10H,11-12H2,1-2H3,(H,26,30). The Morgan fingerprint density at radius 1 is 1.20 bits per heavy atom. The summed E-state index contributed by atoms with van der Waals surface area (Å²) in [5, 5.41) is 3.45. The maximum Gasteiger partial charge on any atom is 0.284 e. The molecule has 5 nitrogen and oxygen atoms in total. The third-order valence-corrected chi connectivity index (χ3v) is 6.02. The number of halogens is 3. The minimum absolute atomic E-state index is 0.121. The van der Waals surface area contributed by atoms with Crippen LogP contribution in [0.15, 0.2) is 58.0 Å². The van der Waals surface area contributed by atoms with E-state index >= 15 is 0 Å². The number of nitrogens with one attached hydrogen (secondary N) is 1. The molecule has 0 spiro atoms. The van der Waals surface area contributed by atoms with Crippen LogP contribution in [0.1, 0.15) is 21.5 Å². The van der Waals surface area contributed by atoms with E-state index in [-0.39, 0.29) is 11.0 Å². The Labute approximate surface area is 186 Å². The van der Waals surface area contributed by atoms with Crippen molar-refractivity contribution in [3.8, 4) is 0 Å². The Kier molecular flexibility index (Phi) is 5.14. The highest BCUT2D eigenvalue weighted by molar-refractivity contribution is 9.10. The summed E-state index contributed by atoms with van der Waals surface area (Å²) in [5.41, 5.74) is 1.06. The van der Waals surface area contributed by atoms with Crippen LogP contribution in [0.5, 0.6) is 0 Å². The minimum atomic E-state index is -2.95. The molecule has 156 valence electrons. The van der Waals surface area contributed by atoms with Crippen LogP contribution in [-0.4, -0.2) is 59.8 Å². The van der Waals surface area contributed by atoms with Gasteiger partial charge in [-0.1, -0.05) is 40.2 Å². The van der Waals surface area contributed by atoms with E-state index < -0.39 is 24.6 Å². The number of thiocarbonyl (C=S) groups is 1. The van der Waals surface area contributed by atoms with E-state index in [2.05, 4.69) is 26.2 Å². The van der Waals surface area contributed by atoms with Gasteiger partial charge in [0.05, 0.1) is 6.54 Å². The van der Waals surface area contributed by atoms with Crippen LogP contribution in [0.4, 0.5) is 8.78 Å². The van der Waals surface area contributed by atoms with Gasteiger partial charge >= 0.3 is 0 Å². The Bertz CT molecular complexity index is 1060. The van der Waals surface area contributed by atoms with Crippen molar-refractivity contribution in [3.63, 3.8) is 0 Å². The molecule has 4 rings (SSSR count). The smallest absolute Gasteiger partial charge is 0.284 e. The number of alkyl halides is 2. The van der Waals surface area contributed by atoms with E-state index in [9.17, 15) is 13.6 Å². The highest BCUT2D eigenvalue weighted by Gasteiger charge is 2.54. The molecule has 0 aliphatic carbocycles. The van der Waals surface area contributed by atoms with Crippen LogP contribution in [0.25, 0.3) is 0 Å². The first-order chi connectivity index (χ1) is 14.1. The molecule has 1 atom stereocenters. The van der Waals surface area contributed by atoms with Crippen molar-refractivity contribution in [2.75, 3.05) is 27.2 Å². The lowest BCUT2D eigenvalue weighted by Crippen LogP contribution is -2.50. The fraction of sp³-hybridized carbons (Fsp3) is 0.286. The van der Waals surface area contributed by atoms with Crippen molar-refractivity contribution in [1.29, 1.82) is 0 Å². The number of fused-ring (bicyclic) bond motifs is 1. The molecule has 2 heterocycles. The van der Waals surface area contributed by atoms with E-state index in [4.69, 9.17) is 12.2 Å². The third kappa shape index (κ3) is 3.39. The minimum Gasteiger partial charge on any atom is -0.345 e. The van der Waals surface area contributed by atoms with Crippen LogP contribution >= 0.6 is 28.1 Å². The molecule has 2 aliphatic rings. The van der Waals surface area contributed by atoms with E-state index in [1.807, 2.05) is 36.4 Å². The van der Waals surface area contributed by atoms with E-state index in [0.29, 0.717) is 11.4 Å². The predicted molar refractivity (Wildman–Crippen MR) is 119 cm³/mol. The summed E-state index contributed by atoms with van der Waals surface area (Å²) < 4.78 is 29.0. The Balaban J connectivity index is 1.90. The summed E-state index contributed by atoms with van der Waals surface area (Å²) in [5.74, 6) is -2.64. The summed E-state index contributed by atoms with van der Waals surface area (Å²) in [6.45, 7) is -1.12. The number of amidine groups is 1. The van der Waals surface area contributed by atoms with Crippen LogP contribution in [0.3, 0.4) is 0 Å². The fourth-order valence-corrected chi connectivity index (χ4v) is 4.52. The predicted octanol–water partition coefficient (Wildman–Crippen LogP) is 3.63. The number of carbonyl (C=O) groups excluding carboxylic acids is 1. The Morgan fingerprint density at radius 3 is 2.53 bits per heavy atom. The molecule has 1 fully saturated rings. The largest absolute Gasteiger partial charge is 0.345 e. The lowest BCUT2D eigenvalue weighted by Gasteiger charge is -2.35. The molecule has 0 aromatic heterocycles. The van der Waals surface area contributed by atoms with Crippen LogP contribution in [-0.2, 0) is 5.54 Å². The van der Waals surface area contributed by atoms with Gasteiger partial charge in [-0.3, -0.25) is 14.7 Å². The molecule has 9 heteroatoms. The number of benzene rings is 2. The second-order valence-corrected chi connectivity index (χ2v) is 8.85. The second-order valence-electron chi connectivity index (χ2n) is 7.55. The molecule has 0 radical (unpaired) electrons. The molecule has 1 saturated heterocycles. The number of hydrogen-bond donors (Lipinski definition) is 1. The van der Waals surface area contributed by atoms with Gasteiger partial charge in [-0.2, -0.15) is 0 Å². The van der Waals surface area contributed by atoms with Crippen molar-refractivity contribution < 1.29 is 13.6 Å². The van der Waals surface area contributed by atoms with E-state index in [0.717, 1.165) is 15.6 Å². The summed E-state index contributed by atoms with van der Waals surface area (Å²) in [4.78, 5) is 19.4. The Morgan fingerprint density at radius 2 is 1.90 bits per heavy atom. The third-order valence-electron chi connectivity index (χ3n) is 5.21. The molecule has 2 aromatic carbocycles. The lowest BCUT2D eigenvalue weighted by atomic mass is 9.81. The van der Waals surface area contributed by atoms with Crippen LogP contribution in [0, 0.1) is 0 Å². The summed E-state index contributed by atoms with van der Waals surface area (Å²) in [7, 11) is 3.37. The van der Waals surface area contributed by atoms with Gasteiger partial charge in [0.15, 0.2) is 5.11 Å². The number of nitrogens with zero attached hydrogens (tertiary/aromatic N) is 3. The van der Waals surface area contributed by atoms with Gasteiger partial charge in [-0.15, -0.1) is 0 Å². The molecular weight excluding hydrogens is 474 g/mol. The molecule has 1 unspecified atom stereocenters. The fourth-order valence-electron chi connectivity index (χ4n) is 3.82. The number of rotatable bonds is 3. The van der Waals surface area contributed by atoms with Crippen molar-refractivity contribution in [2.45, 2.75) is 11.5 Å². The highest BCUT2D eigenvalue weighted by atomic mass is 79.9. The van der Waals surface area contributed by atoms with Crippen molar-refractivity contribution >= 4 is 45.0 Å². The Hall–Kier alpha value is -2.39. The first kappa shape index (κ1) is 20.9. The van der Waals surface area contributed by atoms with Gasteiger partial charge in [0.2, 0.25) is 0 Å². The lowest BCUT2D eigenvalue weighted by molar-refractivity contribution is -0.00368. The summed E-state index contributed by atoms with van der Waals surface area (Å²) in [6, 6.07) is 14.6. The molecular formula is C21H19BrF2N4OS. The zero-order valence-corrected chi connectivity index (χ0v) is 18.7. The van der Waals surface area contributed by atoms with Crippen LogP contribution in [0.2, 0.25) is 0 Å². The molecule has 2 aromatic rings. The number of aliphatic imine (C=N–C) groups is 1. The van der Waals surface area contributed by atoms with Gasteiger partial charge < -0.3 is 10.2 Å². The van der Waals surface area contributed by atoms with Crippen molar-refractivity contribution in [1.82, 2.24) is 15.1 Å². The number of hydrogen-bond acceptors (Lipinski definition) is 3. The summed E-state index contributed by atoms with van der Waals surface area (Å²) >= 11 is 8.92. The summed E-state index contributed by atoms with van der Waals surface area (Å²) in [6.07, 6.45) is 0. The monoisotopic (exact) mass is 492 g/mol. The van der Waals surface area contributed by atoms with Crippen molar-refractivity contribution in [3.05, 3.63) is 69.7 Å². The highest BCUT2D eigenvalue weighted by Crippen LogP contribution is 2.40. The maximum atomic E-state index is 14.1. The van der Waals surface area contributed by atoms with Crippen molar-refractivity contribution in [2.24, 2.45) is 4.99 Å². The van der Waals surface area contributed by atoms with Gasteiger partial charge in [0.1, 0.15) is 17.9 Å². The maximum absolute atomic E-state index is 14.1. The second kappa shape index (κ2) is 7.39. The zero-order valence-electron chi connectivity index (χ0n) is 16.3. The normalized spacial score (nSPS) is 22.2. The molecule has 2 aliphatic heterocycles. The van der Waals surface area contributed by atoms with E-state index in [1.54, 1.807) is 26.2 Å². The average Bonchev–Trinajstić information content (AvgIpc) is 2.99. The first-order valence-electron chi connectivity index (χ1n) is 9.25. The van der Waals surface area contributed by atoms with E-state index in [1.165, 1.54) is 9.80 Å². The van der Waals surface area contributed by atoms with Gasteiger partial charge in [-0.05, 0) is 47.6 Å². The molecule has 1 amide bonds. The SMILES string of the molecule is CN(C)C(=O)c1ccc(C2(c3cccc(Br)c3)NC(=S)N3CC(F)(F)CN=C32)cc1. The topological polar surface area (TPSA) is 47.9 Å². The quantitative estimate of drug-likeness (QED) is 0.664. The van der Waals surface area contributed by atoms with Gasteiger partial charge in [0, 0.05) is 24.1 Å². The molecule has 1 N–H and O–H groups in total. The number of amides is 1. The number of carbonyl (C=O) groups is 1. The van der Waals surface area contributed by atoms with Gasteiger partial charge in [0.25, 0.3) is 11.8 Å². The molecule has 0 saturated carbocycles. The average molecular weight is 493 g/mol. The molecule has 0 bridgehead atoms. The first-order valence-corrected chi connectivity index (χ1v) is 10.4.